The highest BCUT2D eigenvalue weighted by Gasteiger charge is 2.15. The molecule has 0 saturated heterocycles. The van der Waals surface area contributed by atoms with Crippen LogP contribution in [0.2, 0.25) is 0 Å². The van der Waals surface area contributed by atoms with Gasteiger partial charge in [-0.05, 0) is 49.4 Å². The summed E-state index contributed by atoms with van der Waals surface area (Å²) in [6.45, 7) is 1.81. The van der Waals surface area contributed by atoms with Gasteiger partial charge in [-0.15, -0.1) is 0 Å². The number of nitrogens with zero attached hydrogens (tertiary/aromatic N) is 1. The minimum Gasteiger partial charge on any atom is -0.497 e. The van der Waals surface area contributed by atoms with E-state index in [0.717, 1.165) is 5.56 Å². The van der Waals surface area contributed by atoms with E-state index < -0.39 is 5.97 Å². The highest BCUT2D eigenvalue weighted by molar-refractivity contribution is 5.97. The molecule has 1 heterocycles. The molecule has 4 rings (SSSR count). The number of carbonyl (C=O) groups is 2. The molecule has 0 spiro atoms. The van der Waals surface area contributed by atoms with Gasteiger partial charge in [0.1, 0.15) is 11.5 Å². The fraction of sp³-hybridized carbons (Fsp3) is 0.148. The Hall–Kier alpha value is -4.39. The monoisotopic (exact) mass is 456 g/mol. The fourth-order valence-electron chi connectivity index (χ4n) is 3.45. The topological polar surface area (TPSA) is 86.8 Å². The number of methoxy groups -OCH3 is 1. The van der Waals surface area contributed by atoms with Crippen LogP contribution < -0.4 is 14.8 Å². The molecule has 7 heteroatoms. The molecule has 7 nitrogen and oxygen atoms in total. The largest absolute Gasteiger partial charge is 0.497 e. The van der Waals surface area contributed by atoms with Gasteiger partial charge in [-0.3, -0.25) is 4.79 Å². The summed E-state index contributed by atoms with van der Waals surface area (Å²) < 4.78 is 16.4. The minimum absolute atomic E-state index is 0.213. The normalized spacial score (nSPS) is 10.5. The first-order valence-corrected chi connectivity index (χ1v) is 10.8. The Balaban J connectivity index is 1.69. The zero-order chi connectivity index (χ0) is 23.9. The number of hydrogen-bond acceptors (Lipinski definition) is 6. The van der Waals surface area contributed by atoms with E-state index in [1.54, 1.807) is 50.4 Å². The van der Waals surface area contributed by atoms with Crippen molar-refractivity contribution in [1.29, 1.82) is 0 Å². The lowest BCUT2D eigenvalue weighted by atomic mass is 10.1. The summed E-state index contributed by atoms with van der Waals surface area (Å²) in [6, 6.07) is 23.5. The number of nitrogens with one attached hydrogen (secondary N) is 1. The van der Waals surface area contributed by atoms with Gasteiger partial charge in [0, 0.05) is 22.7 Å². The number of fused-ring (bicyclic) bond motifs is 1. The lowest BCUT2D eigenvalue weighted by Gasteiger charge is -2.13. The van der Waals surface area contributed by atoms with Crippen molar-refractivity contribution < 1.29 is 23.8 Å². The van der Waals surface area contributed by atoms with Crippen LogP contribution in [-0.2, 0) is 9.53 Å². The predicted molar refractivity (Wildman–Crippen MR) is 130 cm³/mol. The maximum atomic E-state index is 12.5. The number of rotatable bonds is 8. The maximum Gasteiger partial charge on any atom is 0.338 e. The van der Waals surface area contributed by atoms with Gasteiger partial charge in [0.25, 0.3) is 5.91 Å². The van der Waals surface area contributed by atoms with E-state index in [1.165, 1.54) is 0 Å². The summed E-state index contributed by atoms with van der Waals surface area (Å²) in [6.07, 6.45) is 0. The molecular weight excluding hydrogens is 432 g/mol. The maximum absolute atomic E-state index is 12.5. The number of anilines is 1. The number of ether oxygens (including phenoxy) is 3. The molecule has 0 aliphatic heterocycles. The number of hydrogen-bond donors (Lipinski definition) is 1. The lowest BCUT2D eigenvalue weighted by Crippen LogP contribution is -2.20. The van der Waals surface area contributed by atoms with Crippen molar-refractivity contribution >= 4 is 28.5 Å². The van der Waals surface area contributed by atoms with Gasteiger partial charge in [0.05, 0.1) is 30.5 Å². The number of para-hydroxylation sites is 1. The quantitative estimate of drug-likeness (QED) is 0.371. The Kier molecular flexibility index (Phi) is 7.03. The lowest BCUT2D eigenvalue weighted by molar-refractivity contribution is -0.118. The molecule has 0 atom stereocenters. The first-order chi connectivity index (χ1) is 16.6. The van der Waals surface area contributed by atoms with Crippen LogP contribution in [0.3, 0.4) is 0 Å². The Labute approximate surface area is 197 Å². The highest BCUT2D eigenvalue weighted by Crippen LogP contribution is 2.32. The third-order valence-corrected chi connectivity index (χ3v) is 5.06. The third-order valence-electron chi connectivity index (χ3n) is 5.06. The molecule has 0 aliphatic rings. The van der Waals surface area contributed by atoms with E-state index in [2.05, 4.69) is 5.32 Å². The zero-order valence-corrected chi connectivity index (χ0v) is 18.9. The molecule has 0 radical (unpaired) electrons. The molecule has 1 N–H and O–H groups in total. The van der Waals surface area contributed by atoms with Crippen molar-refractivity contribution in [2.24, 2.45) is 0 Å². The van der Waals surface area contributed by atoms with Crippen LogP contribution >= 0.6 is 0 Å². The van der Waals surface area contributed by atoms with Crippen LogP contribution in [0.15, 0.2) is 78.9 Å². The third kappa shape index (κ3) is 5.32. The van der Waals surface area contributed by atoms with Crippen molar-refractivity contribution in [2.45, 2.75) is 6.92 Å². The second kappa shape index (κ2) is 10.5. The number of amides is 1. The van der Waals surface area contributed by atoms with Gasteiger partial charge in [0.15, 0.2) is 6.61 Å². The molecule has 1 amide bonds. The second-order valence-electron chi connectivity index (χ2n) is 7.39. The van der Waals surface area contributed by atoms with Crippen LogP contribution in [0.4, 0.5) is 5.69 Å². The summed E-state index contributed by atoms with van der Waals surface area (Å²) in [7, 11) is 1.60. The zero-order valence-electron chi connectivity index (χ0n) is 18.9. The van der Waals surface area contributed by atoms with E-state index in [9.17, 15) is 9.59 Å². The molecule has 0 bridgehead atoms. The summed E-state index contributed by atoms with van der Waals surface area (Å²) in [5.41, 5.74) is 3.15. The molecular formula is C27H24N2O5. The van der Waals surface area contributed by atoms with Crippen LogP contribution in [0, 0.1) is 0 Å². The fourth-order valence-corrected chi connectivity index (χ4v) is 3.45. The number of esters is 1. The van der Waals surface area contributed by atoms with E-state index in [-0.39, 0.29) is 19.1 Å². The highest BCUT2D eigenvalue weighted by atomic mass is 16.5. The van der Waals surface area contributed by atoms with Gasteiger partial charge in [0.2, 0.25) is 0 Å². The standard InChI is InChI=1S/C27H24N2O5/c1-3-33-27(31)19-12-13-23-22(15-19)25(34-17-26(30)28-20-9-5-4-6-10-20)16-24(29-23)18-8-7-11-21(14-18)32-2/h4-16H,3,17H2,1-2H3,(H,28,30). The van der Waals surface area contributed by atoms with Crippen LogP contribution in [0.1, 0.15) is 17.3 Å². The van der Waals surface area contributed by atoms with Gasteiger partial charge in [-0.2, -0.15) is 0 Å². The van der Waals surface area contributed by atoms with Crippen molar-refractivity contribution in [3.8, 4) is 22.8 Å². The Morgan fingerprint density at radius 2 is 1.76 bits per heavy atom. The van der Waals surface area contributed by atoms with E-state index in [1.807, 2.05) is 42.5 Å². The van der Waals surface area contributed by atoms with E-state index in [4.69, 9.17) is 19.2 Å². The smallest absolute Gasteiger partial charge is 0.338 e. The van der Waals surface area contributed by atoms with Crippen molar-refractivity contribution in [3.63, 3.8) is 0 Å². The summed E-state index contributed by atoms with van der Waals surface area (Å²) in [5, 5.41) is 3.40. The molecule has 0 fully saturated rings. The van der Waals surface area contributed by atoms with E-state index >= 15 is 0 Å². The number of benzene rings is 3. The first kappa shape index (κ1) is 22.8. The molecule has 0 saturated carbocycles. The summed E-state index contributed by atoms with van der Waals surface area (Å²) >= 11 is 0. The van der Waals surface area contributed by atoms with E-state index in [0.29, 0.717) is 39.3 Å². The number of pyridine rings is 1. The average molecular weight is 456 g/mol. The average Bonchev–Trinajstić information content (AvgIpc) is 2.87. The Morgan fingerprint density at radius 1 is 0.941 bits per heavy atom. The molecule has 0 aliphatic carbocycles. The molecule has 4 aromatic rings. The van der Waals surface area contributed by atoms with Crippen LogP contribution in [0.5, 0.6) is 11.5 Å². The summed E-state index contributed by atoms with van der Waals surface area (Å²) in [4.78, 5) is 29.5. The summed E-state index contributed by atoms with van der Waals surface area (Å²) in [5.74, 6) is 0.383. The Morgan fingerprint density at radius 3 is 2.53 bits per heavy atom. The van der Waals surface area contributed by atoms with Crippen molar-refractivity contribution in [2.75, 3.05) is 25.6 Å². The van der Waals surface area contributed by atoms with Gasteiger partial charge >= 0.3 is 5.97 Å². The Bertz CT molecular complexity index is 1320. The van der Waals surface area contributed by atoms with Crippen molar-refractivity contribution in [1.82, 2.24) is 4.98 Å². The van der Waals surface area contributed by atoms with Gasteiger partial charge in [-0.25, -0.2) is 9.78 Å². The number of carbonyl (C=O) groups excluding carboxylic acids is 2. The predicted octanol–water partition coefficient (Wildman–Crippen LogP) is 5.10. The first-order valence-electron chi connectivity index (χ1n) is 10.8. The van der Waals surface area contributed by atoms with Gasteiger partial charge < -0.3 is 19.5 Å². The molecule has 1 aromatic heterocycles. The SMILES string of the molecule is CCOC(=O)c1ccc2nc(-c3cccc(OC)c3)cc(OCC(=O)Nc3ccccc3)c2c1. The molecule has 34 heavy (non-hydrogen) atoms. The van der Waals surface area contributed by atoms with Crippen LogP contribution in [0.25, 0.3) is 22.2 Å². The molecule has 3 aromatic carbocycles. The van der Waals surface area contributed by atoms with Crippen molar-refractivity contribution in [3.05, 3.63) is 84.4 Å². The van der Waals surface area contributed by atoms with Crippen LogP contribution in [-0.4, -0.2) is 37.2 Å². The second-order valence-corrected chi connectivity index (χ2v) is 7.39. The minimum atomic E-state index is -0.436. The molecule has 172 valence electrons. The molecule has 0 unspecified atom stereocenters. The van der Waals surface area contributed by atoms with Gasteiger partial charge in [-0.1, -0.05) is 30.3 Å². The number of aromatic nitrogens is 1.